The fraction of sp³-hybridized carbons (Fsp3) is 0. The van der Waals surface area contributed by atoms with E-state index in [1.165, 1.54) is 0 Å². The van der Waals surface area contributed by atoms with E-state index in [-0.39, 0.29) is 0 Å². The Morgan fingerprint density at radius 3 is 0.950 bits per heavy atom. The Morgan fingerprint density at radius 2 is 0.700 bits per heavy atom. The van der Waals surface area contributed by atoms with E-state index >= 15 is 0 Å². The van der Waals surface area contributed by atoms with Gasteiger partial charge in [-0.3, -0.25) is 0 Å². The van der Waals surface area contributed by atoms with Crippen molar-refractivity contribution >= 4 is 69.6 Å². The van der Waals surface area contributed by atoms with Crippen molar-refractivity contribution in [1.82, 2.24) is 0 Å². The molecular formula is C18H16PRb. The summed E-state index contributed by atoms with van der Waals surface area (Å²) in [7, 11) is 0. The Balaban J connectivity index is 2.24. The predicted octanol–water partition coefficient (Wildman–Crippen LogP) is 2.80. The van der Waals surface area contributed by atoms with Crippen molar-refractivity contribution in [3.63, 3.8) is 0 Å². The molecule has 3 aromatic rings. The monoisotopic (exact) mass is 348 g/mol. The van der Waals surface area contributed by atoms with Gasteiger partial charge in [0.25, 0.3) is 0 Å². The number of hydrogen-bond donors (Lipinski definition) is 0. The molecule has 0 aliphatic rings. The SMILES string of the molecule is [Rb][PH](c1ccccc1)(c1ccccc1)c1ccccc1. The molecule has 0 atom stereocenters. The molecule has 2 heteroatoms. The van der Waals surface area contributed by atoms with Gasteiger partial charge in [-0.25, -0.2) is 0 Å². The molecule has 20 heavy (non-hydrogen) atoms. The summed E-state index contributed by atoms with van der Waals surface area (Å²) in [6.45, 7) is 0. The van der Waals surface area contributed by atoms with Gasteiger partial charge in [-0.2, -0.15) is 0 Å². The van der Waals surface area contributed by atoms with E-state index in [2.05, 4.69) is 91.0 Å². The Labute approximate surface area is 158 Å². The van der Waals surface area contributed by atoms with Crippen LogP contribution in [-0.4, -0.2) is 54.6 Å². The minimum absolute atomic E-state index is 0.521. The fourth-order valence-corrected chi connectivity index (χ4v) is 13.8. The summed E-state index contributed by atoms with van der Waals surface area (Å²) in [5, 5.41) is 4.65. The van der Waals surface area contributed by atoms with Crippen molar-refractivity contribution in [2.75, 3.05) is 0 Å². The summed E-state index contributed by atoms with van der Waals surface area (Å²) in [5.41, 5.74) is 0. The average Bonchev–Trinajstić information content (AvgIpc) is 2.56. The van der Waals surface area contributed by atoms with E-state index < -0.39 is -0.846 Å². The van der Waals surface area contributed by atoms with Crippen LogP contribution in [0, 0.1) is 0 Å². The van der Waals surface area contributed by atoms with E-state index in [0.717, 1.165) is 0 Å². The third-order valence-corrected chi connectivity index (χ3v) is 21.3. The predicted molar refractivity (Wildman–Crippen MR) is 92.3 cm³/mol. The molecule has 0 nitrogen and oxygen atoms in total. The van der Waals surface area contributed by atoms with Crippen LogP contribution < -0.4 is 15.9 Å². The zero-order chi connectivity index (χ0) is 13.8. The summed E-state index contributed by atoms with van der Waals surface area (Å²) in [6, 6.07) is 33.4. The second-order valence-corrected chi connectivity index (χ2v) is 20.3. The molecule has 0 spiro atoms. The Hall–Kier alpha value is -0.105. The maximum atomic E-state index is 2.32. The van der Waals surface area contributed by atoms with Gasteiger partial charge in [-0.15, -0.1) is 0 Å². The first-order chi connectivity index (χ1) is 9.82. The molecule has 0 bridgehead atoms. The van der Waals surface area contributed by atoms with Gasteiger partial charge < -0.3 is 0 Å². The third kappa shape index (κ3) is 2.91. The van der Waals surface area contributed by atoms with Crippen LogP contribution in [0.1, 0.15) is 0 Å². The van der Waals surface area contributed by atoms with Crippen LogP contribution in [0.25, 0.3) is 0 Å². The fourth-order valence-electron chi connectivity index (χ4n) is 2.81. The number of hydrogen-bond acceptors (Lipinski definition) is 0. The van der Waals surface area contributed by atoms with E-state index in [9.17, 15) is 0 Å². The molecule has 0 fully saturated rings. The summed E-state index contributed by atoms with van der Waals surface area (Å²) in [4.78, 5) is 0. The zero-order valence-corrected chi connectivity index (χ0v) is 17.6. The third-order valence-electron chi connectivity index (χ3n) is 4.05. The van der Waals surface area contributed by atoms with Crippen LogP contribution in [0.4, 0.5) is 0 Å². The molecule has 0 unspecified atom stereocenters. The van der Waals surface area contributed by atoms with Crippen molar-refractivity contribution in [3.8, 4) is 0 Å². The van der Waals surface area contributed by atoms with E-state index in [1.54, 1.807) is 15.9 Å². The number of rotatable bonds is 3. The first-order valence-corrected chi connectivity index (χ1v) is 16.9. The van der Waals surface area contributed by atoms with Gasteiger partial charge in [0, 0.05) is 0 Å². The van der Waals surface area contributed by atoms with Gasteiger partial charge in [0.1, 0.15) is 0 Å². The van der Waals surface area contributed by atoms with Gasteiger partial charge in [0.2, 0.25) is 0 Å². The Kier molecular flexibility index (Phi) is 5.02. The molecule has 0 aliphatic heterocycles. The van der Waals surface area contributed by atoms with Crippen LogP contribution in [0.15, 0.2) is 91.0 Å². The zero-order valence-electron chi connectivity index (χ0n) is 11.7. The first kappa shape index (κ1) is 14.8. The van der Waals surface area contributed by atoms with Crippen molar-refractivity contribution in [2.45, 2.75) is 0 Å². The molecule has 94 valence electrons. The average molecular weight is 349 g/mol. The first-order valence-electron chi connectivity index (χ1n) is 6.98. The van der Waals surface area contributed by atoms with Crippen LogP contribution in [0.5, 0.6) is 0 Å². The molecule has 0 aliphatic carbocycles. The summed E-state index contributed by atoms with van der Waals surface area (Å²) in [6.07, 6.45) is 0. The van der Waals surface area contributed by atoms with Gasteiger partial charge in [-0.05, 0) is 0 Å². The van der Waals surface area contributed by atoms with Crippen molar-refractivity contribution in [1.29, 1.82) is 0 Å². The molecule has 0 N–H and O–H groups in total. The van der Waals surface area contributed by atoms with Crippen molar-refractivity contribution in [2.24, 2.45) is 0 Å². The molecule has 3 aromatic carbocycles. The maximum absolute atomic E-state index is 2.32. The quantitative estimate of drug-likeness (QED) is 0.639. The molecule has 0 saturated heterocycles. The molecule has 0 heterocycles. The standard InChI is InChI=1S/C18H15P.Rb/c1-4-10-16(11-5-1)19(17-12-6-2-7-13-17)18-14-8-3-9-15-18;/h1-15H;/q;-1/p+1. The van der Waals surface area contributed by atoms with Crippen LogP contribution in [0.3, 0.4) is 0 Å². The van der Waals surface area contributed by atoms with Gasteiger partial charge in [0.15, 0.2) is 0 Å². The normalized spacial score (nSPS) is 12.1. The molecule has 0 aromatic heterocycles. The summed E-state index contributed by atoms with van der Waals surface area (Å²) >= 11 is 0.521. The van der Waals surface area contributed by atoms with E-state index in [0.29, 0.717) is 54.6 Å². The number of benzene rings is 3. The van der Waals surface area contributed by atoms with Crippen molar-refractivity contribution in [3.05, 3.63) is 91.0 Å². The van der Waals surface area contributed by atoms with Crippen LogP contribution in [0.2, 0.25) is 0 Å². The van der Waals surface area contributed by atoms with Crippen LogP contribution in [-0.2, 0) is 0 Å². The van der Waals surface area contributed by atoms with Crippen LogP contribution >= 0.6 is -0.846 Å². The second-order valence-electron chi connectivity index (χ2n) is 5.22. The Morgan fingerprint density at radius 1 is 0.450 bits per heavy atom. The van der Waals surface area contributed by atoms with Gasteiger partial charge in [0.05, 0.1) is 0 Å². The molecule has 0 radical (unpaired) electrons. The second kappa shape index (κ2) is 6.77. The molecule has 0 saturated carbocycles. The van der Waals surface area contributed by atoms with Crippen molar-refractivity contribution < 1.29 is 0 Å². The molecular weight excluding hydrogens is 333 g/mol. The minimum atomic E-state index is -1.67. The van der Waals surface area contributed by atoms with Gasteiger partial charge in [-0.1, -0.05) is 0 Å². The Bertz CT molecular complexity index is 569. The van der Waals surface area contributed by atoms with E-state index in [1.807, 2.05) is 0 Å². The van der Waals surface area contributed by atoms with E-state index in [4.69, 9.17) is 0 Å². The van der Waals surface area contributed by atoms with Gasteiger partial charge >= 0.3 is 161 Å². The molecule has 3 rings (SSSR count). The summed E-state index contributed by atoms with van der Waals surface area (Å²) < 4.78 is -1.67. The topological polar surface area (TPSA) is 0 Å². The summed E-state index contributed by atoms with van der Waals surface area (Å²) in [5.74, 6) is 0. The molecule has 0 amide bonds.